The lowest BCUT2D eigenvalue weighted by Gasteiger charge is -2.07. The van der Waals surface area contributed by atoms with Gasteiger partial charge in [0.1, 0.15) is 5.75 Å². The molecule has 2 aromatic carbocycles. The summed E-state index contributed by atoms with van der Waals surface area (Å²) in [5, 5.41) is 13.6. The molecule has 4 heteroatoms. The molecule has 2 nitrogen and oxygen atoms in total. The molecule has 2 N–H and O–H groups in total. The summed E-state index contributed by atoms with van der Waals surface area (Å²) < 4.78 is 1.06. The minimum atomic E-state index is 0.265. The Labute approximate surface area is 120 Å². The van der Waals surface area contributed by atoms with E-state index in [2.05, 4.69) is 33.4 Å². The lowest BCUT2D eigenvalue weighted by Crippen LogP contribution is -2.12. The van der Waals surface area contributed by atoms with E-state index in [1.165, 1.54) is 5.56 Å². The Hall–Kier alpha value is -1.03. The zero-order valence-corrected chi connectivity index (χ0v) is 12.0. The molecular formula is C14H13BrClNO. The van der Waals surface area contributed by atoms with Crippen LogP contribution >= 0.6 is 27.5 Å². The SMILES string of the molecule is Oc1ccc(Cl)cc1CNCc1cccc(Br)c1. The van der Waals surface area contributed by atoms with Crippen molar-refractivity contribution in [3.63, 3.8) is 0 Å². The Morgan fingerprint density at radius 3 is 2.72 bits per heavy atom. The van der Waals surface area contributed by atoms with Gasteiger partial charge < -0.3 is 10.4 Å². The summed E-state index contributed by atoms with van der Waals surface area (Å²) in [5.74, 6) is 0.265. The second kappa shape index (κ2) is 6.23. The van der Waals surface area contributed by atoms with Crippen molar-refractivity contribution in [1.29, 1.82) is 0 Å². The number of hydrogen-bond acceptors (Lipinski definition) is 2. The van der Waals surface area contributed by atoms with E-state index in [1.807, 2.05) is 12.1 Å². The minimum absolute atomic E-state index is 0.265. The summed E-state index contributed by atoms with van der Waals surface area (Å²) in [6, 6.07) is 13.2. The van der Waals surface area contributed by atoms with Crippen molar-refractivity contribution >= 4 is 27.5 Å². The van der Waals surface area contributed by atoms with Gasteiger partial charge in [0.05, 0.1) is 0 Å². The Kier molecular flexibility index (Phi) is 4.64. The van der Waals surface area contributed by atoms with Gasteiger partial charge in [-0.05, 0) is 35.9 Å². The van der Waals surface area contributed by atoms with E-state index in [0.717, 1.165) is 16.6 Å². The van der Waals surface area contributed by atoms with Crippen LogP contribution in [0, 0.1) is 0 Å². The second-order valence-corrected chi connectivity index (χ2v) is 5.36. The maximum Gasteiger partial charge on any atom is 0.120 e. The predicted octanol–water partition coefficient (Wildman–Crippen LogP) is 4.10. The van der Waals surface area contributed by atoms with E-state index >= 15 is 0 Å². The number of nitrogens with one attached hydrogen (secondary N) is 1. The second-order valence-electron chi connectivity index (χ2n) is 4.01. The molecule has 0 radical (unpaired) electrons. The molecule has 0 unspecified atom stereocenters. The molecule has 0 heterocycles. The molecule has 0 saturated heterocycles. The van der Waals surface area contributed by atoms with Crippen molar-refractivity contribution in [3.8, 4) is 5.75 Å². The smallest absolute Gasteiger partial charge is 0.120 e. The van der Waals surface area contributed by atoms with E-state index in [-0.39, 0.29) is 5.75 Å². The fourth-order valence-corrected chi connectivity index (χ4v) is 2.33. The first-order valence-corrected chi connectivity index (χ1v) is 6.75. The highest BCUT2D eigenvalue weighted by Crippen LogP contribution is 2.21. The van der Waals surface area contributed by atoms with Crippen LogP contribution in [-0.4, -0.2) is 5.11 Å². The van der Waals surface area contributed by atoms with Crippen LogP contribution in [0.2, 0.25) is 5.02 Å². The highest BCUT2D eigenvalue weighted by atomic mass is 79.9. The van der Waals surface area contributed by atoms with Crippen molar-refractivity contribution in [2.75, 3.05) is 0 Å². The first-order chi connectivity index (χ1) is 8.65. The largest absolute Gasteiger partial charge is 0.508 e. The minimum Gasteiger partial charge on any atom is -0.508 e. The van der Waals surface area contributed by atoms with Gasteiger partial charge in [-0.25, -0.2) is 0 Å². The molecule has 0 amide bonds. The molecule has 2 rings (SSSR count). The van der Waals surface area contributed by atoms with Gasteiger partial charge in [0.25, 0.3) is 0 Å². The van der Waals surface area contributed by atoms with Crippen LogP contribution in [0.25, 0.3) is 0 Å². The summed E-state index contributed by atoms with van der Waals surface area (Å²) in [6.07, 6.45) is 0. The number of halogens is 2. The van der Waals surface area contributed by atoms with Crippen LogP contribution in [0.15, 0.2) is 46.9 Å². The molecule has 2 aromatic rings. The van der Waals surface area contributed by atoms with E-state index in [0.29, 0.717) is 11.6 Å². The normalized spacial score (nSPS) is 10.6. The number of benzene rings is 2. The summed E-state index contributed by atoms with van der Waals surface area (Å²) in [5.41, 5.74) is 1.99. The molecule has 0 spiro atoms. The highest BCUT2D eigenvalue weighted by Gasteiger charge is 2.02. The van der Waals surface area contributed by atoms with Crippen molar-refractivity contribution in [2.45, 2.75) is 13.1 Å². The molecule has 0 aliphatic carbocycles. The van der Waals surface area contributed by atoms with Crippen LogP contribution in [0.5, 0.6) is 5.75 Å². The van der Waals surface area contributed by atoms with Gasteiger partial charge in [0, 0.05) is 28.1 Å². The van der Waals surface area contributed by atoms with Crippen molar-refractivity contribution in [3.05, 3.63) is 63.1 Å². The summed E-state index contributed by atoms with van der Waals surface area (Å²) in [4.78, 5) is 0. The number of rotatable bonds is 4. The third kappa shape index (κ3) is 3.73. The Bertz CT molecular complexity index is 545. The Morgan fingerprint density at radius 2 is 1.94 bits per heavy atom. The number of phenols is 1. The van der Waals surface area contributed by atoms with Gasteiger partial charge in [-0.2, -0.15) is 0 Å². The monoisotopic (exact) mass is 325 g/mol. The molecule has 0 bridgehead atoms. The van der Waals surface area contributed by atoms with Crippen molar-refractivity contribution in [2.24, 2.45) is 0 Å². The first-order valence-electron chi connectivity index (χ1n) is 5.58. The topological polar surface area (TPSA) is 32.3 Å². The number of aromatic hydroxyl groups is 1. The number of hydrogen-bond donors (Lipinski definition) is 2. The Balaban J connectivity index is 1.94. The summed E-state index contributed by atoms with van der Waals surface area (Å²) in [7, 11) is 0. The highest BCUT2D eigenvalue weighted by molar-refractivity contribution is 9.10. The zero-order valence-electron chi connectivity index (χ0n) is 9.66. The predicted molar refractivity (Wildman–Crippen MR) is 77.8 cm³/mol. The summed E-state index contributed by atoms with van der Waals surface area (Å²) in [6.45, 7) is 1.32. The molecule has 0 saturated carbocycles. The van der Waals surface area contributed by atoms with Gasteiger partial charge >= 0.3 is 0 Å². The van der Waals surface area contributed by atoms with E-state index in [9.17, 15) is 5.11 Å². The Morgan fingerprint density at radius 1 is 1.11 bits per heavy atom. The maximum absolute atomic E-state index is 9.67. The molecule has 18 heavy (non-hydrogen) atoms. The van der Waals surface area contributed by atoms with Crippen molar-refractivity contribution in [1.82, 2.24) is 5.32 Å². The quantitative estimate of drug-likeness (QED) is 0.886. The average molecular weight is 327 g/mol. The van der Waals surface area contributed by atoms with Crippen LogP contribution in [0.3, 0.4) is 0 Å². The third-order valence-corrected chi connectivity index (χ3v) is 3.30. The average Bonchev–Trinajstić information content (AvgIpc) is 2.34. The molecule has 0 fully saturated rings. The van der Waals surface area contributed by atoms with E-state index in [4.69, 9.17) is 11.6 Å². The van der Waals surface area contributed by atoms with Crippen LogP contribution in [0.1, 0.15) is 11.1 Å². The molecule has 94 valence electrons. The lowest BCUT2D eigenvalue weighted by atomic mass is 10.2. The van der Waals surface area contributed by atoms with Gasteiger partial charge in [-0.3, -0.25) is 0 Å². The first kappa shape index (κ1) is 13.4. The molecular weight excluding hydrogens is 314 g/mol. The molecule has 0 aliphatic heterocycles. The summed E-state index contributed by atoms with van der Waals surface area (Å²) >= 11 is 9.32. The maximum atomic E-state index is 9.67. The zero-order chi connectivity index (χ0) is 13.0. The standard InChI is InChI=1S/C14H13BrClNO/c15-12-3-1-2-10(6-12)8-17-9-11-7-13(16)4-5-14(11)18/h1-7,17-18H,8-9H2. The van der Waals surface area contributed by atoms with Gasteiger partial charge in [0.15, 0.2) is 0 Å². The van der Waals surface area contributed by atoms with Crippen molar-refractivity contribution < 1.29 is 5.11 Å². The third-order valence-electron chi connectivity index (χ3n) is 2.58. The molecule has 0 aromatic heterocycles. The van der Waals surface area contributed by atoms with Gasteiger partial charge in [-0.1, -0.05) is 39.7 Å². The van der Waals surface area contributed by atoms with E-state index < -0.39 is 0 Å². The van der Waals surface area contributed by atoms with Crippen LogP contribution < -0.4 is 5.32 Å². The van der Waals surface area contributed by atoms with Gasteiger partial charge in [0.2, 0.25) is 0 Å². The van der Waals surface area contributed by atoms with Crippen LogP contribution in [-0.2, 0) is 13.1 Å². The molecule has 0 atom stereocenters. The lowest BCUT2D eigenvalue weighted by molar-refractivity contribution is 0.464. The number of phenolic OH excluding ortho intramolecular Hbond substituents is 1. The fraction of sp³-hybridized carbons (Fsp3) is 0.143. The fourth-order valence-electron chi connectivity index (χ4n) is 1.68. The van der Waals surface area contributed by atoms with E-state index in [1.54, 1.807) is 18.2 Å². The van der Waals surface area contributed by atoms with Crippen LogP contribution in [0.4, 0.5) is 0 Å². The van der Waals surface area contributed by atoms with Gasteiger partial charge in [-0.15, -0.1) is 0 Å². The molecule has 0 aliphatic rings.